The first-order valence-electron chi connectivity index (χ1n) is 11.4. The smallest absolute Gasteiger partial charge is 0.227 e. The van der Waals surface area contributed by atoms with Crippen LogP contribution in [0, 0.1) is 5.92 Å². The molecule has 1 amide bonds. The number of hydrogen-bond donors (Lipinski definition) is 0. The zero-order valence-electron chi connectivity index (χ0n) is 18.0. The van der Waals surface area contributed by atoms with Crippen LogP contribution in [0.15, 0.2) is 24.3 Å². The first-order chi connectivity index (χ1) is 14.2. The lowest BCUT2D eigenvalue weighted by molar-refractivity contribution is -0.137. The molecule has 1 atom stereocenters. The van der Waals surface area contributed by atoms with E-state index in [9.17, 15) is 4.79 Å². The Hall–Kier alpha value is -2.08. The molecule has 4 rings (SSSR count). The number of para-hydroxylation sites is 2. The van der Waals surface area contributed by atoms with Gasteiger partial charge in [0.05, 0.1) is 17.0 Å². The van der Waals surface area contributed by atoms with Crippen molar-refractivity contribution in [2.75, 3.05) is 50.7 Å². The molecule has 1 aromatic heterocycles. The van der Waals surface area contributed by atoms with Crippen molar-refractivity contribution in [3.8, 4) is 0 Å². The van der Waals surface area contributed by atoms with Crippen LogP contribution in [0.25, 0.3) is 11.0 Å². The molecule has 0 N–H and O–H groups in total. The van der Waals surface area contributed by atoms with E-state index in [1.807, 2.05) is 0 Å². The van der Waals surface area contributed by atoms with Crippen LogP contribution in [0.5, 0.6) is 0 Å². The Morgan fingerprint density at radius 1 is 1.10 bits per heavy atom. The highest BCUT2D eigenvalue weighted by Crippen LogP contribution is 2.28. The van der Waals surface area contributed by atoms with Crippen molar-refractivity contribution >= 4 is 22.9 Å². The maximum Gasteiger partial charge on any atom is 0.227 e. The third-order valence-corrected chi connectivity index (χ3v) is 6.55. The molecule has 6 nitrogen and oxygen atoms in total. The molecule has 2 aliphatic heterocycles. The standard InChI is InChI=1S/C23H35N5O/c1-3-5-13-28-21-11-7-6-10-20(21)24-23(28)27-12-8-9-19(18-27)22(29)26-16-14-25(4-2)15-17-26/h6-7,10-11,19H,3-5,8-9,12-18H2,1-2H3. The molecular formula is C23H35N5O. The largest absolute Gasteiger partial charge is 0.341 e. The molecule has 3 heterocycles. The van der Waals surface area contributed by atoms with Crippen LogP contribution in [0.3, 0.4) is 0 Å². The summed E-state index contributed by atoms with van der Waals surface area (Å²) >= 11 is 0. The minimum Gasteiger partial charge on any atom is -0.341 e. The molecular weight excluding hydrogens is 362 g/mol. The van der Waals surface area contributed by atoms with Gasteiger partial charge in [0.1, 0.15) is 0 Å². The van der Waals surface area contributed by atoms with Gasteiger partial charge in [0.2, 0.25) is 11.9 Å². The number of likely N-dealkylation sites (N-methyl/N-ethyl adjacent to an activating group) is 1. The Bertz CT molecular complexity index is 824. The number of aromatic nitrogens is 2. The summed E-state index contributed by atoms with van der Waals surface area (Å²) in [5.74, 6) is 1.49. The molecule has 0 spiro atoms. The van der Waals surface area contributed by atoms with Gasteiger partial charge in [0, 0.05) is 45.8 Å². The van der Waals surface area contributed by atoms with E-state index >= 15 is 0 Å². The number of unbranched alkanes of at least 4 members (excludes halogenated alkanes) is 1. The molecule has 2 aliphatic rings. The summed E-state index contributed by atoms with van der Waals surface area (Å²) < 4.78 is 2.37. The highest BCUT2D eigenvalue weighted by Gasteiger charge is 2.32. The van der Waals surface area contributed by atoms with Gasteiger partial charge >= 0.3 is 0 Å². The van der Waals surface area contributed by atoms with E-state index in [0.717, 1.165) is 89.5 Å². The van der Waals surface area contributed by atoms with Crippen LogP contribution in [0.1, 0.15) is 39.5 Å². The van der Waals surface area contributed by atoms with Crippen LogP contribution in [0.2, 0.25) is 0 Å². The molecule has 1 aromatic carbocycles. The third-order valence-electron chi connectivity index (χ3n) is 6.55. The zero-order valence-corrected chi connectivity index (χ0v) is 18.0. The fourth-order valence-corrected chi connectivity index (χ4v) is 4.74. The fraction of sp³-hybridized carbons (Fsp3) is 0.652. The molecule has 0 aliphatic carbocycles. The SMILES string of the molecule is CCCCn1c(N2CCCC(C(=O)N3CCN(CC)CC3)C2)nc2ccccc21. The number of nitrogens with zero attached hydrogens (tertiary/aromatic N) is 5. The minimum absolute atomic E-state index is 0.0939. The number of carbonyl (C=O) groups excluding carboxylic acids is 1. The molecule has 2 fully saturated rings. The van der Waals surface area contributed by atoms with Crippen molar-refractivity contribution < 1.29 is 4.79 Å². The van der Waals surface area contributed by atoms with Gasteiger partial charge < -0.3 is 19.3 Å². The van der Waals surface area contributed by atoms with Crippen LogP contribution in [-0.4, -0.2) is 71.1 Å². The Morgan fingerprint density at radius 2 is 1.90 bits per heavy atom. The quantitative estimate of drug-likeness (QED) is 0.751. The van der Waals surface area contributed by atoms with E-state index in [4.69, 9.17) is 4.98 Å². The predicted octanol–water partition coefficient (Wildman–Crippen LogP) is 3.22. The van der Waals surface area contributed by atoms with Gasteiger partial charge in [-0.2, -0.15) is 0 Å². The second-order valence-electron chi connectivity index (χ2n) is 8.45. The molecule has 6 heteroatoms. The Morgan fingerprint density at radius 3 is 2.66 bits per heavy atom. The minimum atomic E-state index is 0.0939. The van der Waals surface area contributed by atoms with E-state index < -0.39 is 0 Å². The van der Waals surface area contributed by atoms with Crippen molar-refractivity contribution in [1.29, 1.82) is 0 Å². The lowest BCUT2D eigenvalue weighted by atomic mass is 9.96. The van der Waals surface area contributed by atoms with Gasteiger partial charge in [-0.3, -0.25) is 4.79 Å². The number of fused-ring (bicyclic) bond motifs is 1. The van der Waals surface area contributed by atoms with Crippen molar-refractivity contribution in [1.82, 2.24) is 19.4 Å². The van der Waals surface area contributed by atoms with Crippen LogP contribution >= 0.6 is 0 Å². The number of piperidine rings is 1. The zero-order chi connectivity index (χ0) is 20.2. The highest BCUT2D eigenvalue weighted by atomic mass is 16.2. The summed E-state index contributed by atoms with van der Waals surface area (Å²) in [6, 6.07) is 8.42. The maximum atomic E-state index is 13.2. The molecule has 0 saturated carbocycles. The van der Waals surface area contributed by atoms with Gasteiger partial charge in [-0.05, 0) is 37.9 Å². The van der Waals surface area contributed by atoms with Crippen LogP contribution < -0.4 is 4.90 Å². The number of hydrogen-bond acceptors (Lipinski definition) is 4. The van der Waals surface area contributed by atoms with E-state index in [1.54, 1.807) is 0 Å². The Balaban J connectivity index is 1.50. The molecule has 0 radical (unpaired) electrons. The number of aryl methyl sites for hydroxylation is 1. The fourth-order valence-electron chi connectivity index (χ4n) is 4.74. The van der Waals surface area contributed by atoms with Gasteiger partial charge in [0.15, 0.2) is 0 Å². The maximum absolute atomic E-state index is 13.2. The summed E-state index contributed by atoms with van der Waals surface area (Å²) in [6.07, 6.45) is 4.36. The summed E-state index contributed by atoms with van der Waals surface area (Å²) in [5, 5.41) is 0. The van der Waals surface area contributed by atoms with E-state index in [2.05, 4.69) is 57.4 Å². The third kappa shape index (κ3) is 4.27. The van der Waals surface area contributed by atoms with E-state index in [-0.39, 0.29) is 5.92 Å². The number of imidazole rings is 1. The van der Waals surface area contributed by atoms with Gasteiger partial charge in [-0.1, -0.05) is 32.4 Å². The molecule has 29 heavy (non-hydrogen) atoms. The van der Waals surface area contributed by atoms with Crippen molar-refractivity contribution in [2.24, 2.45) is 5.92 Å². The predicted molar refractivity (Wildman–Crippen MR) is 118 cm³/mol. The number of carbonyl (C=O) groups is 1. The topological polar surface area (TPSA) is 44.6 Å². The first-order valence-corrected chi connectivity index (χ1v) is 11.4. The summed E-state index contributed by atoms with van der Waals surface area (Å²) in [4.78, 5) is 25.1. The van der Waals surface area contributed by atoms with Crippen LogP contribution in [0.4, 0.5) is 5.95 Å². The summed E-state index contributed by atoms with van der Waals surface area (Å²) in [6.45, 7) is 12.0. The van der Waals surface area contributed by atoms with Gasteiger partial charge in [-0.25, -0.2) is 4.98 Å². The lowest BCUT2D eigenvalue weighted by Gasteiger charge is -2.39. The second kappa shape index (κ2) is 9.16. The average molecular weight is 398 g/mol. The summed E-state index contributed by atoms with van der Waals surface area (Å²) in [5.41, 5.74) is 2.27. The van der Waals surface area contributed by atoms with Crippen molar-refractivity contribution in [3.63, 3.8) is 0 Å². The molecule has 1 unspecified atom stereocenters. The number of amides is 1. The van der Waals surface area contributed by atoms with E-state index in [1.165, 1.54) is 5.52 Å². The molecule has 0 bridgehead atoms. The average Bonchev–Trinajstić information content (AvgIpc) is 3.16. The summed E-state index contributed by atoms with van der Waals surface area (Å²) in [7, 11) is 0. The van der Waals surface area contributed by atoms with Crippen LogP contribution in [-0.2, 0) is 11.3 Å². The molecule has 2 aromatic rings. The monoisotopic (exact) mass is 397 g/mol. The first kappa shape index (κ1) is 20.2. The normalized spacial score (nSPS) is 21.1. The van der Waals surface area contributed by atoms with Crippen molar-refractivity contribution in [3.05, 3.63) is 24.3 Å². The number of rotatable bonds is 6. The van der Waals surface area contributed by atoms with Gasteiger partial charge in [0.25, 0.3) is 0 Å². The second-order valence-corrected chi connectivity index (χ2v) is 8.45. The molecule has 2 saturated heterocycles. The Kier molecular flexibility index (Phi) is 6.38. The number of anilines is 1. The highest BCUT2D eigenvalue weighted by molar-refractivity contribution is 5.81. The van der Waals surface area contributed by atoms with Gasteiger partial charge in [-0.15, -0.1) is 0 Å². The lowest BCUT2D eigenvalue weighted by Crippen LogP contribution is -2.52. The Labute approximate surface area is 174 Å². The number of piperazine rings is 1. The van der Waals surface area contributed by atoms with E-state index in [0.29, 0.717) is 5.91 Å². The van der Waals surface area contributed by atoms with Crippen molar-refractivity contribution in [2.45, 2.75) is 46.1 Å². The molecule has 158 valence electrons. The number of benzene rings is 1.